The summed E-state index contributed by atoms with van der Waals surface area (Å²) in [5.74, 6) is 2.30. The van der Waals surface area contributed by atoms with Gasteiger partial charge in [0.2, 0.25) is 0 Å². The maximum Gasteiger partial charge on any atom is 0.144 e. The van der Waals surface area contributed by atoms with Crippen molar-refractivity contribution in [3.63, 3.8) is 0 Å². The average Bonchev–Trinajstić information content (AvgIpc) is 2.54. The second-order valence-corrected chi connectivity index (χ2v) is 6.30. The fourth-order valence-corrected chi connectivity index (χ4v) is 3.67. The molecular weight excluding hydrogens is 326 g/mol. The smallest absolute Gasteiger partial charge is 0.144 e. The summed E-state index contributed by atoms with van der Waals surface area (Å²) in [4.78, 5) is 9.52. The summed E-state index contributed by atoms with van der Waals surface area (Å²) in [6, 6.07) is 8.73. The van der Waals surface area contributed by atoms with Crippen LogP contribution in [0.4, 0.5) is 5.82 Å². The molecule has 0 aliphatic heterocycles. The number of fused-ring (bicyclic) bond motifs is 1. The van der Waals surface area contributed by atoms with Gasteiger partial charge in [0, 0.05) is 13.0 Å². The number of benzene rings is 1. The zero-order valence-corrected chi connectivity index (χ0v) is 14.1. The number of hydrogen-bond donors (Lipinski definition) is 1. The lowest BCUT2D eigenvalue weighted by Gasteiger charge is -2.24. The van der Waals surface area contributed by atoms with E-state index < -0.39 is 0 Å². The molecule has 21 heavy (non-hydrogen) atoms. The molecule has 1 unspecified atom stereocenters. The first-order valence-electron chi connectivity index (χ1n) is 7.53. The predicted molar refractivity (Wildman–Crippen MR) is 89.9 cm³/mol. The number of anilines is 1. The van der Waals surface area contributed by atoms with Gasteiger partial charge in [0.25, 0.3) is 0 Å². The zero-order valence-electron chi connectivity index (χ0n) is 12.5. The normalized spacial score (nSPS) is 17.4. The number of aromatic nitrogens is 2. The molecule has 0 amide bonds. The number of nitrogens with one attached hydrogen (secondary N) is 1. The molecule has 1 atom stereocenters. The molecule has 3 nitrogen and oxygen atoms in total. The van der Waals surface area contributed by atoms with Gasteiger partial charge in [-0.3, -0.25) is 0 Å². The number of nitrogens with zero attached hydrogens (tertiary/aromatic N) is 2. The summed E-state index contributed by atoms with van der Waals surface area (Å²) in [6.07, 6.45) is 4.21. The van der Waals surface area contributed by atoms with Crippen LogP contribution in [0.25, 0.3) is 0 Å². The second kappa shape index (κ2) is 6.14. The fraction of sp³-hybridized carbons (Fsp3) is 0.412. The molecule has 0 saturated carbocycles. The molecule has 1 heterocycles. The summed E-state index contributed by atoms with van der Waals surface area (Å²) in [5, 5.41) is 3.17. The maximum absolute atomic E-state index is 4.80. The van der Waals surface area contributed by atoms with Crippen molar-refractivity contribution in [2.75, 3.05) is 12.4 Å². The van der Waals surface area contributed by atoms with E-state index in [0.29, 0.717) is 5.92 Å². The topological polar surface area (TPSA) is 37.8 Å². The molecule has 0 spiro atoms. The van der Waals surface area contributed by atoms with E-state index in [1.807, 2.05) is 7.05 Å². The summed E-state index contributed by atoms with van der Waals surface area (Å²) in [6.45, 7) is 2.13. The SMILES string of the molecule is CCc1nc(C2CCc3ccccc3C2)nc(NC)c1Br. The van der Waals surface area contributed by atoms with Gasteiger partial charge >= 0.3 is 0 Å². The first kappa shape index (κ1) is 14.5. The van der Waals surface area contributed by atoms with Crippen LogP contribution in [0.5, 0.6) is 0 Å². The lowest BCUT2D eigenvalue weighted by Crippen LogP contribution is -2.17. The summed E-state index contributed by atoms with van der Waals surface area (Å²) in [5.41, 5.74) is 4.02. The van der Waals surface area contributed by atoms with E-state index in [-0.39, 0.29) is 0 Å². The molecule has 1 aromatic carbocycles. The predicted octanol–water partition coefficient (Wildman–Crippen LogP) is 4.12. The molecule has 0 radical (unpaired) electrons. The van der Waals surface area contributed by atoms with E-state index in [4.69, 9.17) is 9.97 Å². The largest absolute Gasteiger partial charge is 0.372 e. The molecule has 0 bridgehead atoms. The highest BCUT2D eigenvalue weighted by Gasteiger charge is 2.23. The van der Waals surface area contributed by atoms with Crippen LogP contribution in [-0.2, 0) is 19.3 Å². The Hall–Kier alpha value is -1.42. The third kappa shape index (κ3) is 2.82. The first-order valence-corrected chi connectivity index (χ1v) is 8.33. The molecule has 4 heteroatoms. The summed E-state index contributed by atoms with van der Waals surface area (Å²) in [7, 11) is 1.91. The Labute approximate surface area is 134 Å². The third-order valence-electron chi connectivity index (χ3n) is 4.22. The fourth-order valence-electron chi connectivity index (χ4n) is 3.01. The molecule has 1 aliphatic rings. The third-order valence-corrected chi connectivity index (χ3v) is 5.05. The minimum atomic E-state index is 0.422. The number of halogens is 1. The molecule has 1 aromatic heterocycles. The molecule has 110 valence electrons. The van der Waals surface area contributed by atoms with Gasteiger partial charge in [0.1, 0.15) is 11.6 Å². The zero-order chi connectivity index (χ0) is 14.8. The molecule has 0 fully saturated rings. The number of rotatable bonds is 3. The Morgan fingerprint density at radius 3 is 2.71 bits per heavy atom. The van der Waals surface area contributed by atoms with Crippen LogP contribution in [-0.4, -0.2) is 17.0 Å². The van der Waals surface area contributed by atoms with E-state index in [1.54, 1.807) is 0 Å². The summed E-state index contributed by atoms with van der Waals surface area (Å²) >= 11 is 3.60. The average molecular weight is 346 g/mol. The van der Waals surface area contributed by atoms with Crippen molar-refractivity contribution in [2.24, 2.45) is 0 Å². The Balaban J connectivity index is 1.95. The van der Waals surface area contributed by atoms with Crippen LogP contribution in [0.2, 0.25) is 0 Å². The van der Waals surface area contributed by atoms with Crippen LogP contribution >= 0.6 is 15.9 Å². The van der Waals surface area contributed by atoms with Gasteiger partial charge in [-0.25, -0.2) is 9.97 Å². The molecule has 0 saturated heterocycles. The quantitative estimate of drug-likeness (QED) is 0.909. The second-order valence-electron chi connectivity index (χ2n) is 5.50. The monoisotopic (exact) mass is 345 g/mol. The van der Waals surface area contributed by atoms with Crippen molar-refractivity contribution < 1.29 is 0 Å². The van der Waals surface area contributed by atoms with Gasteiger partial charge in [-0.1, -0.05) is 31.2 Å². The van der Waals surface area contributed by atoms with Crippen molar-refractivity contribution in [1.82, 2.24) is 9.97 Å². The van der Waals surface area contributed by atoms with E-state index >= 15 is 0 Å². The van der Waals surface area contributed by atoms with Crippen LogP contribution in [0, 0.1) is 0 Å². The Kier molecular flexibility index (Phi) is 4.24. The van der Waals surface area contributed by atoms with E-state index in [9.17, 15) is 0 Å². The first-order chi connectivity index (χ1) is 10.2. The number of hydrogen-bond acceptors (Lipinski definition) is 3. The van der Waals surface area contributed by atoms with E-state index in [2.05, 4.69) is 52.4 Å². The highest BCUT2D eigenvalue weighted by molar-refractivity contribution is 9.10. The van der Waals surface area contributed by atoms with Crippen molar-refractivity contribution in [2.45, 2.75) is 38.5 Å². The lowest BCUT2D eigenvalue weighted by atomic mass is 9.83. The van der Waals surface area contributed by atoms with Gasteiger partial charge in [0.05, 0.1) is 10.2 Å². The van der Waals surface area contributed by atoms with Gasteiger partial charge in [-0.2, -0.15) is 0 Å². The van der Waals surface area contributed by atoms with Crippen LogP contribution in [0.15, 0.2) is 28.7 Å². The van der Waals surface area contributed by atoms with Gasteiger partial charge in [-0.05, 0) is 52.7 Å². The number of aryl methyl sites for hydroxylation is 2. The van der Waals surface area contributed by atoms with Crippen LogP contribution in [0.1, 0.15) is 41.9 Å². The van der Waals surface area contributed by atoms with Crippen molar-refractivity contribution >= 4 is 21.7 Å². The van der Waals surface area contributed by atoms with Crippen LogP contribution in [0.3, 0.4) is 0 Å². The Bertz CT molecular complexity index is 629. The van der Waals surface area contributed by atoms with Gasteiger partial charge in [-0.15, -0.1) is 0 Å². The van der Waals surface area contributed by atoms with Gasteiger partial charge in [0.15, 0.2) is 0 Å². The Morgan fingerprint density at radius 2 is 2.00 bits per heavy atom. The molecule has 1 N–H and O–H groups in total. The molecule has 2 aromatic rings. The van der Waals surface area contributed by atoms with E-state index in [1.165, 1.54) is 11.1 Å². The minimum absolute atomic E-state index is 0.422. The van der Waals surface area contributed by atoms with Crippen molar-refractivity contribution in [1.29, 1.82) is 0 Å². The highest BCUT2D eigenvalue weighted by atomic mass is 79.9. The molecule has 1 aliphatic carbocycles. The van der Waals surface area contributed by atoms with Crippen molar-refractivity contribution in [3.05, 3.63) is 51.4 Å². The molecular formula is C17H20BrN3. The Morgan fingerprint density at radius 1 is 1.24 bits per heavy atom. The maximum atomic E-state index is 4.80. The van der Waals surface area contributed by atoms with Crippen molar-refractivity contribution in [3.8, 4) is 0 Å². The highest BCUT2D eigenvalue weighted by Crippen LogP contribution is 2.33. The van der Waals surface area contributed by atoms with E-state index in [0.717, 1.165) is 47.5 Å². The van der Waals surface area contributed by atoms with Gasteiger partial charge < -0.3 is 5.32 Å². The summed E-state index contributed by atoms with van der Waals surface area (Å²) < 4.78 is 0.993. The molecule has 3 rings (SSSR count). The standard InChI is InChI=1S/C17H20BrN3/c1-3-14-15(18)17(19-2)21-16(20-14)13-9-8-11-6-4-5-7-12(11)10-13/h4-7,13H,3,8-10H2,1-2H3,(H,19,20,21). The minimum Gasteiger partial charge on any atom is -0.372 e. The van der Waals surface area contributed by atoms with Crippen LogP contribution < -0.4 is 5.32 Å². The lowest BCUT2D eigenvalue weighted by molar-refractivity contribution is 0.552.